The molecule has 1 N–H and O–H groups in total. The second kappa shape index (κ2) is 10.2. The predicted octanol–water partition coefficient (Wildman–Crippen LogP) is 4.68. The van der Waals surface area contributed by atoms with Crippen LogP contribution in [0, 0.1) is 11.3 Å². The van der Waals surface area contributed by atoms with Crippen LogP contribution in [0.1, 0.15) is 43.7 Å². The number of amides is 3. The molecule has 10 heteroatoms. The van der Waals surface area contributed by atoms with Crippen LogP contribution in [0.25, 0.3) is 0 Å². The number of carbonyl (C=O) groups excluding carboxylic acids is 2. The number of anilines is 1. The molecule has 3 rings (SSSR count). The number of halogens is 2. The lowest BCUT2D eigenvalue weighted by Crippen LogP contribution is -2.49. The second-order valence-electron chi connectivity index (χ2n) is 8.01. The smallest absolute Gasteiger partial charge is 0.332 e. The molecule has 172 valence electrons. The molecular formula is C23H22Cl2N4O4. The fraction of sp³-hybridized carbons (Fsp3) is 0.348. The zero-order valence-corrected chi connectivity index (χ0v) is 19.4. The molecule has 1 aromatic heterocycles. The molecule has 1 aliphatic heterocycles. The fourth-order valence-corrected chi connectivity index (χ4v) is 4.36. The highest BCUT2D eigenvalue weighted by atomic mass is 35.5. The van der Waals surface area contributed by atoms with Gasteiger partial charge in [0.1, 0.15) is 15.8 Å². The molecule has 0 radical (unpaired) electrons. The highest BCUT2D eigenvalue weighted by Crippen LogP contribution is 2.36. The van der Waals surface area contributed by atoms with Crippen molar-refractivity contribution in [2.45, 2.75) is 44.6 Å². The molecule has 0 spiro atoms. The number of unbranched alkanes of at least 4 members (excludes halogenated alkanes) is 2. The van der Waals surface area contributed by atoms with Crippen molar-refractivity contribution in [3.63, 3.8) is 0 Å². The van der Waals surface area contributed by atoms with E-state index >= 15 is 0 Å². The number of aliphatic carboxylic acids is 1. The van der Waals surface area contributed by atoms with E-state index in [2.05, 4.69) is 11.1 Å². The monoisotopic (exact) mass is 488 g/mol. The highest BCUT2D eigenvalue weighted by molar-refractivity contribution is 6.33. The van der Waals surface area contributed by atoms with Crippen LogP contribution in [0.5, 0.6) is 0 Å². The van der Waals surface area contributed by atoms with Gasteiger partial charge in [0.15, 0.2) is 0 Å². The standard InChI is InChI=1S/C23H22Cl2N4O4/c1-23(13-15-6-8-16(14-26)9-7-15)21(32)29(17-11-18(24)27-19(25)12-17)22(33)28(23)10-4-2-3-5-20(30)31/h6-9,11-12H,2-5,10,13H2,1H3,(H,30,31)/t23-/m0/s1. The quantitative estimate of drug-likeness (QED) is 0.311. The van der Waals surface area contributed by atoms with Gasteiger partial charge in [-0.2, -0.15) is 5.26 Å². The molecule has 1 aliphatic rings. The molecule has 1 aromatic carbocycles. The van der Waals surface area contributed by atoms with E-state index < -0.39 is 23.4 Å². The first-order valence-electron chi connectivity index (χ1n) is 10.4. The van der Waals surface area contributed by atoms with Crippen LogP contribution in [0.3, 0.4) is 0 Å². The van der Waals surface area contributed by atoms with Gasteiger partial charge < -0.3 is 10.0 Å². The van der Waals surface area contributed by atoms with Crippen molar-refractivity contribution >= 4 is 46.8 Å². The molecule has 8 nitrogen and oxygen atoms in total. The lowest BCUT2D eigenvalue weighted by atomic mass is 9.90. The van der Waals surface area contributed by atoms with Crippen molar-refractivity contribution in [2.75, 3.05) is 11.4 Å². The third-order valence-corrected chi connectivity index (χ3v) is 5.98. The van der Waals surface area contributed by atoms with Gasteiger partial charge in [0.2, 0.25) is 0 Å². The minimum Gasteiger partial charge on any atom is -0.481 e. The molecule has 0 saturated carbocycles. The number of nitriles is 1. The van der Waals surface area contributed by atoms with Crippen LogP contribution < -0.4 is 4.90 Å². The van der Waals surface area contributed by atoms with Crippen LogP contribution in [0.4, 0.5) is 10.5 Å². The van der Waals surface area contributed by atoms with Crippen molar-refractivity contribution in [3.05, 3.63) is 57.8 Å². The van der Waals surface area contributed by atoms with Crippen LogP contribution in [-0.4, -0.2) is 45.0 Å². The van der Waals surface area contributed by atoms with Crippen LogP contribution in [0.15, 0.2) is 36.4 Å². The normalized spacial score (nSPS) is 18.0. The number of carboxylic acids is 1. The van der Waals surface area contributed by atoms with E-state index in [1.165, 1.54) is 17.0 Å². The molecule has 2 aromatic rings. The molecule has 3 amide bonds. The first-order chi connectivity index (χ1) is 15.7. The van der Waals surface area contributed by atoms with Gasteiger partial charge in [-0.05, 0) is 49.6 Å². The van der Waals surface area contributed by atoms with Gasteiger partial charge in [0, 0.05) is 19.4 Å². The fourth-order valence-electron chi connectivity index (χ4n) is 3.92. The molecule has 1 fully saturated rings. The number of benzene rings is 1. The van der Waals surface area contributed by atoms with E-state index in [4.69, 9.17) is 33.6 Å². The third kappa shape index (κ3) is 5.44. The summed E-state index contributed by atoms with van der Waals surface area (Å²) in [7, 11) is 0. The van der Waals surface area contributed by atoms with Gasteiger partial charge in [0.05, 0.1) is 17.3 Å². The SMILES string of the molecule is C[C@]1(Cc2ccc(C#N)cc2)C(=O)N(c2cc(Cl)nc(Cl)c2)C(=O)N1CCCCCC(=O)O. The molecule has 0 unspecified atom stereocenters. The highest BCUT2D eigenvalue weighted by Gasteiger charge is 2.54. The third-order valence-electron chi connectivity index (χ3n) is 5.59. The van der Waals surface area contributed by atoms with Crippen LogP contribution in [-0.2, 0) is 16.0 Å². The first kappa shape index (κ1) is 24.5. The lowest BCUT2D eigenvalue weighted by Gasteiger charge is -2.32. The van der Waals surface area contributed by atoms with Gasteiger partial charge in [-0.15, -0.1) is 0 Å². The Labute approximate surface area is 201 Å². The van der Waals surface area contributed by atoms with Crippen molar-refractivity contribution in [1.29, 1.82) is 5.26 Å². The average molecular weight is 489 g/mol. The van der Waals surface area contributed by atoms with Gasteiger partial charge in [-0.3, -0.25) is 9.59 Å². The van der Waals surface area contributed by atoms with Crippen molar-refractivity contribution in [1.82, 2.24) is 9.88 Å². The number of rotatable bonds is 9. The number of aromatic nitrogens is 1. The largest absolute Gasteiger partial charge is 0.481 e. The Hall–Kier alpha value is -3.15. The minimum absolute atomic E-state index is 0.0511. The van der Waals surface area contributed by atoms with Crippen LogP contribution in [0.2, 0.25) is 10.3 Å². The van der Waals surface area contributed by atoms with E-state index in [0.29, 0.717) is 24.8 Å². The Morgan fingerprint density at radius 3 is 2.33 bits per heavy atom. The Balaban J connectivity index is 1.91. The summed E-state index contributed by atoms with van der Waals surface area (Å²) >= 11 is 12.0. The summed E-state index contributed by atoms with van der Waals surface area (Å²) in [6.07, 6.45) is 1.92. The van der Waals surface area contributed by atoms with Crippen molar-refractivity contribution in [2.24, 2.45) is 0 Å². The maximum absolute atomic E-state index is 13.6. The molecular weight excluding hydrogens is 467 g/mol. The van der Waals surface area contributed by atoms with Gasteiger partial charge in [-0.1, -0.05) is 41.8 Å². The summed E-state index contributed by atoms with van der Waals surface area (Å²) in [5.41, 5.74) is 0.326. The van der Waals surface area contributed by atoms with Gasteiger partial charge >= 0.3 is 12.0 Å². The molecule has 33 heavy (non-hydrogen) atoms. The number of hydrogen-bond acceptors (Lipinski definition) is 5. The number of carbonyl (C=O) groups is 3. The molecule has 1 saturated heterocycles. The number of pyridine rings is 1. The van der Waals surface area contributed by atoms with Gasteiger partial charge in [-0.25, -0.2) is 14.7 Å². The number of hydrogen-bond donors (Lipinski definition) is 1. The minimum atomic E-state index is -1.19. The maximum atomic E-state index is 13.6. The molecule has 2 heterocycles. The summed E-state index contributed by atoms with van der Waals surface area (Å²) < 4.78 is 0. The summed E-state index contributed by atoms with van der Waals surface area (Å²) in [6.45, 7) is 1.98. The Kier molecular flexibility index (Phi) is 7.57. The van der Waals surface area contributed by atoms with E-state index in [0.717, 1.165) is 10.5 Å². The average Bonchev–Trinajstić information content (AvgIpc) is 2.93. The lowest BCUT2D eigenvalue weighted by molar-refractivity contribution is -0.137. The Bertz CT molecular complexity index is 1100. The topological polar surface area (TPSA) is 115 Å². The van der Waals surface area contributed by atoms with Crippen molar-refractivity contribution < 1.29 is 19.5 Å². The predicted molar refractivity (Wildman–Crippen MR) is 123 cm³/mol. The Morgan fingerprint density at radius 2 is 1.76 bits per heavy atom. The van der Waals surface area contributed by atoms with E-state index in [9.17, 15) is 14.4 Å². The van der Waals surface area contributed by atoms with Crippen molar-refractivity contribution in [3.8, 4) is 6.07 Å². The first-order valence-corrected chi connectivity index (χ1v) is 11.1. The van der Waals surface area contributed by atoms with Crippen LogP contribution >= 0.6 is 23.2 Å². The number of nitrogens with zero attached hydrogens (tertiary/aromatic N) is 4. The number of imide groups is 1. The van der Waals surface area contributed by atoms with E-state index in [1.54, 1.807) is 31.2 Å². The summed E-state index contributed by atoms with van der Waals surface area (Å²) in [5, 5.41) is 18.0. The second-order valence-corrected chi connectivity index (χ2v) is 8.78. The molecule has 0 bridgehead atoms. The molecule has 0 aliphatic carbocycles. The zero-order valence-electron chi connectivity index (χ0n) is 17.9. The zero-order chi connectivity index (χ0) is 24.2. The number of carboxylic acid groups (broad SMARTS) is 1. The van der Waals surface area contributed by atoms with E-state index in [-0.39, 0.29) is 35.4 Å². The summed E-state index contributed by atoms with van der Waals surface area (Å²) in [4.78, 5) is 44.2. The maximum Gasteiger partial charge on any atom is 0.332 e. The van der Waals surface area contributed by atoms with Gasteiger partial charge in [0.25, 0.3) is 5.91 Å². The van der Waals surface area contributed by atoms with E-state index in [1.807, 2.05) is 0 Å². The summed E-state index contributed by atoms with van der Waals surface area (Å²) in [6, 6.07) is 11.2. The summed E-state index contributed by atoms with van der Waals surface area (Å²) in [5.74, 6) is -1.30. The number of urea groups is 1. The molecule has 1 atom stereocenters. The Morgan fingerprint density at radius 1 is 1.12 bits per heavy atom.